The number of rotatable bonds is 9. The summed E-state index contributed by atoms with van der Waals surface area (Å²) in [6.45, 7) is 4.74. The Bertz CT molecular complexity index is 1040. The first kappa shape index (κ1) is 24.7. The minimum absolute atomic E-state index is 0.0287. The van der Waals surface area contributed by atoms with Crippen molar-refractivity contribution in [1.29, 1.82) is 0 Å². The number of benzene rings is 2. The third-order valence-electron chi connectivity index (χ3n) is 6.95. The number of carbonyl (C=O) groups excluding carboxylic acids is 2. The van der Waals surface area contributed by atoms with Gasteiger partial charge in [-0.3, -0.25) is 4.79 Å². The van der Waals surface area contributed by atoms with E-state index in [2.05, 4.69) is 34.9 Å². The molecular weight excluding hydrogens is 448 g/mol. The minimum Gasteiger partial charge on any atom is -0.479 e. The molecule has 1 aliphatic carbocycles. The van der Waals surface area contributed by atoms with Gasteiger partial charge >= 0.3 is 12.1 Å². The second kappa shape index (κ2) is 10.9. The highest BCUT2D eigenvalue weighted by Gasteiger charge is 2.35. The van der Waals surface area contributed by atoms with E-state index in [0.29, 0.717) is 13.0 Å². The molecule has 1 aliphatic heterocycles. The van der Waals surface area contributed by atoms with Gasteiger partial charge in [-0.05, 0) is 34.6 Å². The van der Waals surface area contributed by atoms with Crippen LogP contribution in [-0.4, -0.2) is 55.5 Å². The highest BCUT2D eigenvalue weighted by molar-refractivity contribution is 5.81. The van der Waals surface area contributed by atoms with Crippen molar-refractivity contribution in [3.63, 3.8) is 0 Å². The quantitative estimate of drug-likeness (QED) is 0.507. The lowest BCUT2D eigenvalue weighted by Gasteiger charge is -2.23. The van der Waals surface area contributed by atoms with Crippen LogP contribution < -0.4 is 10.6 Å². The monoisotopic (exact) mass is 480 g/mol. The Hall–Kier alpha value is -3.39. The van der Waals surface area contributed by atoms with Crippen molar-refractivity contribution in [2.45, 2.75) is 32.3 Å². The molecule has 186 valence electrons. The number of amides is 2. The summed E-state index contributed by atoms with van der Waals surface area (Å²) in [4.78, 5) is 36.6. The molecule has 8 nitrogen and oxygen atoms in total. The number of aliphatic carboxylic acids is 1. The molecule has 0 bridgehead atoms. The molecule has 3 N–H and O–H groups in total. The molecule has 4 rings (SSSR count). The van der Waals surface area contributed by atoms with Gasteiger partial charge in [0.05, 0.1) is 5.92 Å². The van der Waals surface area contributed by atoms with Crippen molar-refractivity contribution in [1.82, 2.24) is 10.6 Å². The zero-order valence-electron chi connectivity index (χ0n) is 20.0. The van der Waals surface area contributed by atoms with Crippen LogP contribution in [0.2, 0.25) is 0 Å². The number of nitrogens with one attached hydrogen (secondary N) is 2. The molecule has 0 saturated carbocycles. The van der Waals surface area contributed by atoms with E-state index in [9.17, 15) is 19.5 Å². The number of ether oxygens (including phenoxy) is 2. The summed E-state index contributed by atoms with van der Waals surface area (Å²) in [5.74, 6) is -2.04. The first-order valence-corrected chi connectivity index (χ1v) is 12.1. The molecule has 1 fully saturated rings. The predicted molar refractivity (Wildman–Crippen MR) is 130 cm³/mol. The molecule has 0 spiro atoms. The number of carboxylic acids is 1. The van der Waals surface area contributed by atoms with Crippen LogP contribution in [0.3, 0.4) is 0 Å². The fraction of sp³-hybridized carbons (Fsp3) is 0.444. The largest absolute Gasteiger partial charge is 0.479 e. The predicted octanol–water partition coefficient (Wildman–Crippen LogP) is 3.40. The van der Waals surface area contributed by atoms with Crippen LogP contribution in [0, 0.1) is 17.8 Å². The van der Waals surface area contributed by atoms with Gasteiger partial charge in [0, 0.05) is 31.5 Å². The molecule has 2 aromatic carbocycles. The summed E-state index contributed by atoms with van der Waals surface area (Å²) in [6.07, 6.45) is -0.881. The van der Waals surface area contributed by atoms with Gasteiger partial charge in [0.15, 0.2) is 6.10 Å². The average Bonchev–Trinajstić information content (AvgIpc) is 3.44. The van der Waals surface area contributed by atoms with Gasteiger partial charge in [0.25, 0.3) is 0 Å². The maximum Gasteiger partial charge on any atom is 0.407 e. The van der Waals surface area contributed by atoms with Crippen LogP contribution in [-0.2, 0) is 19.1 Å². The minimum atomic E-state index is -1.01. The lowest BCUT2D eigenvalue weighted by atomic mass is 9.94. The van der Waals surface area contributed by atoms with E-state index in [1.54, 1.807) is 0 Å². The Morgan fingerprint density at radius 2 is 1.66 bits per heavy atom. The normalized spacial score (nSPS) is 19.6. The molecule has 1 heterocycles. The Labute approximate surface area is 205 Å². The van der Waals surface area contributed by atoms with E-state index >= 15 is 0 Å². The number of hydrogen-bond acceptors (Lipinski definition) is 5. The zero-order chi connectivity index (χ0) is 24.9. The van der Waals surface area contributed by atoms with Crippen molar-refractivity contribution < 1.29 is 29.0 Å². The van der Waals surface area contributed by atoms with Crippen LogP contribution in [0.15, 0.2) is 48.5 Å². The molecular formula is C27H32N2O6. The van der Waals surface area contributed by atoms with E-state index in [1.807, 2.05) is 38.1 Å². The number of fused-ring (bicyclic) bond motifs is 3. The van der Waals surface area contributed by atoms with E-state index in [1.165, 1.54) is 0 Å². The second-order valence-electron chi connectivity index (χ2n) is 9.48. The lowest BCUT2D eigenvalue weighted by molar-refractivity contribution is -0.149. The SMILES string of the molecule is CC(C)C(CNC(=O)OCC1c2ccccc2-c2ccccc21)C(=O)NC[C@@H]1CCO[C@@H]1C(=O)O. The van der Waals surface area contributed by atoms with E-state index in [0.717, 1.165) is 22.3 Å². The Morgan fingerprint density at radius 3 is 2.26 bits per heavy atom. The molecule has 2 aliphatic rings. The fourth-order valence-electron chi connectivity index (χ4n) is 4.95. The first-order valence-electron chi connectivity index (χ1n) is 12.1. The van der Waals surface area contributed by atoms with Crippen LogP contribution in [0.4, 0.5) is 4.79 Å². The summed E-state index contributed by atoms with van der Waals surface area (Å²) in [6, 6.07) is 16.3. The molecule has 3 atom stereocenters. The topological polar surface area (TPSA) is 114 Å². The number of alkyl carbamates (subject to hydrolysis) is 1. The Morgan fingerprint density at radius 1 is 1.03 bits per heavy atom. The summed E-state index contributed by atoms with van der Waals surface area (Å²) in [7, 11) is 0. The van der Waals surface area contributed by atoms with E-state index in [-0.39, 0.29) is 43.4 Å². The second-order valence-corrected chi connectivity index (χ2v) is 9.48. The number of carboxylic acid groups (broad SMARTS) is 1. The molecule has 0 aromatic heterocycles. The molecule has 1 saturated heterocycles. The Balaban J connectivity index is 1.29. The summed E-state index contributed by atoms with van der Waals surface area (Å²) in [5.41, 5.74) is 4.59. The summed E-state index contributed by atoms with van der Waals surface area (Å²) in [5, 5.41) is 14.8. The van der Waals surface area contributed by atoms with Gasteiger partial charge in [-0.2, -0.15) is 0 Å². The van der Waals surface area contributed by atoms with Crippen LogP contribution in [0.1, 0.15) is 37.3 Å². The van der Waals surface area contributed by atoms with Gasteiger partial charge in [0.2, 0.25) is 5.91 Å². The van der Waals surface area contributed by atoms with Crippen LogP contribution in [0.25, 0.3) is 11.1 Å². The van der Waals surface area contributed by atoms with Gasteiger partial charge in [0.1, 0.15) is 6.61 Å². The van der Waals surface area contributed by atoms with Gasteiger partial charge in [-0.25, -0.2) is 9.59 Å². The standard InChI is InChI=1S/C27H32N2O6/c1-16(2)22(25(30)28-13-17-11-12-34-24(17)26(31)32)14-29-27(33)35-15-23-20-9-5-3-7-18(20)19-8-4-6-10-21(19)23/h3-10,16-17,22-24H,11-15H2,1-2H3,(H,28,30)(H,29,33)(H,31,32)/t17-,22?,24-/m0/s1. The van der Waals surface area contributed by atoms with Gasteiger partial charge in [-0.1, -0.05) is 62.4 Å². The fourth-order valence-corrected chi connectivity index (χ4v) is 4.95. The average molecular weight is 481 g/mol. The maximum absolute atomic E-state index is 12.8. The molecule has 35 heavy (non-hydrogen) atoms. The van der Waals surface area contributed by atoms with Gasteiger partial charge < -0.3 is 25.2 Å². The number of carbonyl (C=O) groups is 3. The summed E-state index contributed by atoms with van der Waals surface area (Å²) < 4.78 is 10.8. The third kappa shape index (κ3) is 5.48. The van der Waals surface area contributed by atoms with Crippen molar-refractivity contribution >= 4 is 18.0 Å². The maximum atomic E-state index is 12.8. The van der Waals surface area contributed by atoms with Gasteiger partial charge in [-0.15, -0.1) is 0 Å². The van der Waals surface area contributed by atoms with E-state index in [4.69, 9.17) is 9.47 Å². The molecule has 8 heteroatoms. The van der Waals surface area contributed by atoms with Crippen molar-refractivity contribution in [2.75, 3.05) is 26.3 Å². The first-order chi connectivity index (χ1) is 16.9. The highest BCUT2D eigenvalue weighted by Crippen LogP contribution is 2.44. The Kier molecular flexibility index (Phi) is 7.70. The van der Waals surface area contributed by atoms with Crippen LogP contribution >= 0.6 is 0 Å². The van der Waals surface area contributed by atoms with Crippen molar-refractivity contribution in [3.8, 4) is 11.1 Å². The molecule has 2 aromatic rings. The zero-order valence-corrected chi connectivity index (χ0v) is 20.0. The van der Waals surface area contributed by atoms with Crippen LogP contribution in [0.5, 0.6) is 0 Å². The van der Waals surface area contributed by atoms with E-state index < -0.39 is 24.1 Å². The summed E-state index contributed by atoms with van der Waals surface area (Å²) >= 11 is 0. The highest BCUT2D eigenvalue weighted by atomic mass is 16.5. The van der Waals surface area contributed by atoms with Crippen molar-refractivity contribution in [3.05, 3.63) is 59.7 Å². The molecule has 2 amide bonds. The lowest BCUT2D eigenvalue weighted by Crippen LogP contribution is -2.44. The molecule has 1 unspecified atom stereocenters. The number of hydrogen-bond donors (Lipinski definition) is 3. The smallest absolute Gasteiger partial charge is 0.407 e. The third-order valence-corrected chi connectivity index (χ3v) is 6.95. The van der Waals surface area contributed by atoms with Crippen molar-refractivity contribution in [2.24, 2.45) is 17.8 Å². The molecule has 0 radical (unpaired) electrons.